The van der Waals surface area contributed by atoms with E-state index in [0.717, 1.165) is 11.4 Å². The topological polar surface area (TPSA) is 75.9 Å². The number of anilines is 1. The number of ether oxygens (including phenoxy) is 1. The molecule has 1 aliphatic heterocycles. The molecule has 0 N–H and O–H groups in total. The second kappa shape index (κ2) is 8.35. The summed E-state index contributed by atoms with van der Waals surface area (Å²) in [4.78, 5) is 27.0. The number of hydrogen-bond donors (Lipinski definition) is 0. The number of carbonyl (C=O) groups is 1. The molecular formula is C20H21N3O4. The zero-order valence-corrected chi connectivity index (χ0v) is 15.1. The van der Waals surface area contributed by atoms with Crippen LogP contribution in [0.15, 0.2) is 54.6 Å². The van der Waals surface area contributed by atoms with E-state index >= 15 is 0 Å². The summed E-state index contributed by atoms with van der Waals surface area (Å²) >= 11 is 0. The number of benzene rings is 2. The van der Waals surface area contributed by atoms with Crippen LogP contribution in [-0.2, 0) is 4.79 Å². The lowest BCUT2D eigenvalue weighted by molar-refractivity contribution is -0.385. The molecule has 1 fully saturated rings. The highest BCUT2D eigenvalue weighted by atomic mass is 16.6. The first-order chi connectivity index (χ1) is 13.1. The van der Waals surface area contributed by atoms with Crippen molar-refractivity contribution in [2.24, 2.45) is 0 Å². The van der Waals surface area contributed by atoms with Crippen molar-refractivity contribution < 1.29 is 14.5 Å². The molecule has 0 atom stereocenters. The lowest BCUT2D eigenvalue weighted by atomic mass is 10.1. The molecule has 140 valence electrons. The Balaban J connectivity index is 1.63. The Morgan fingerprint density at radius 2 is 1.74 bits per heavy atom. The van der Waals surface area contributed by atoms with E-state index in [1.165, 1.54) is 18.2 Å². The molecule has 0 radical (unpaired) electrons. The fraction of sp³-hybridized carbons (Fsp3) is 0.250. The van der Waals surface area contributed by atoms with E-state index in [1.54, 1.807) is 30.2 Å². The monoisotopic (exact) mass is 367 g/mol. The van der Waals surface area contributed by atoms with Gasteiger partial charge in [0.05, 0.1) is 23.3 Å². The summed E-state index contributed by atoms with van der Waals surface area (Å²) in [6.07, 6.45) is 2.91. The van der Waals surface area contributed by atoms with Crippen LogP contribution in [0.25, 0.3) is 6.08 Å². The first kappa shape index (κ1) is 18.4. The quantitative estimate of drug-likeness (QED) is 0.461. The van der Waals surface area contributed by atoms with Gasteiger partial charge in [-0.25, -0.2) is 0 Å². The lowest BCUT2D eigenvalue weighted by Crippen LogP contribution is -2.48. The molecule has 0 unspecified atom stereocenters. The zero-order chi connectivity index (χ0) is 19.2. The van der Waals surface area contributed by atoms with Crippen LogP contribution < -0.4 is 9.64 Å². The van der Waals surface area contributed by atoms with Gasteiger partial charge in [-0.15, -0.1) is 0 Å². The van der Waals surface area contributed by atoms with Gasteiger partial charge in [-0.05, 0) is 24.3 Å². The van der Waals surface area contributed by atoms with Crippen LogP contribution in [0, 0.1) is 10.1 Å². The Hall–Kier alpha value is -3.35. The summed E-state index contributed by atoms with van der Waals surface area (Å²) in [5.41, 5.74) is 1.42. The van der Waals surface area contributed by atoms with Crippen molar-refractivity contribution >= 4 is 23.4 Å². The second-order valence-corrected chi connectivity index (χ2v) is 6.13. The van der Waals surface area contributed by atoms with E-state index < -0.39 is 4.92 Å². The number of piperazine rings is 1. The smallest absolute Gasteiger partial charge is 0.276 e. The number of para-hydroxylation sites is 3. The van der Waals surface area contributed by atoms with E-state index in [4.69, 9.17) is 4.74 Å². The molecule has 1 amide bonds. The Bertz CT molecular complexity index is 858. The normalized spacial score (nSPS) is 14.4. The first-order valence-corrected chi connectivity index (χ1v) is 8.68. The van der Waals surface area contributed by atoms with Crippen LogP contribution in [0.2, 0.25) is 0 Å². The Kier molecular flexibility index (Phi) is 5.71. The number of methoxy groups -OCH3 is 1. The number of nitrogens with zero attached hydrogens (tertiary/aromatic N) is 3. The average Bonchev–Trinajstić information content (AvgIpc) is 2.72. The second-order valence-electron chi connectivity index (χ2n) is 6.13. The number of carbonyl (C=O) groups excluding carboxylic acids is 1. The Morgan fingerprint density at radius 3 is 2.44 bits per heavy atom. The maximum Gasteiger partial charge on any atom is 0.276 e. The summed E-state index contributed by atoms with van der Waals surface area (Å²) in [6.45, 7) is 2.56. The maximum atomic E-state index is 12.4. The highest BCUT2D eigenvalue weighted by molar-refractivity contribution is 5.92. The molecule has 7 heteroatoms. The van der Waals surface area contributed by atoms with Crippen LogP contribution in [0.1, 0.15) is 5.56 Å². The predicted octanol–water partition coefficient (Wildman–Crippen LogP) is 2.97. The molecule has 3 rings (SSSR count). The molecule has 27 heavy (non-hydrogen) atoms. The summed E-state index contributed by atoms with van der Waals surface area (Å²) in [6, 6.07) is 14.2. The van der Waals surface area contributed by atoms with Gasteiger partial charge < -0.3 is 14.5 Å². The molecule has 1 heterocycles. The van der Waals surface area contributed by atoms with Gasteiger partial charge in [0.15, 0.2) is 0 Å². The third-order valence-corrected chi connectivity index (χ3v) is 4.56. The van der Waals surface area contributed by atoms with Crippen molar-refractivity contribution in [1.82, 2.24) is 4.90 Å². The SMILES string of the molecule is COc1ccccc1N1CCN(C(=O)C=Cc2ccccc2[N+](=O)[O-])CC1. The minimum absolute atomic E-state index is 0.0115. The molecule has 0 bridgehead atoms. The Labute approximate surface area is 157 Å². The predicted molar refractivity (Wildman–Crippen MR) is 104 cm³/mol. The fourth-order valence-electron chi connectivity index (χ4n) is 3.12. The van der Waals surface area contributed by atoms with Gasteiger partial charge in [0.1, 0.15) is 5.75 Å². The number of hydrogen-bond acceptors (Lipinski definition) is 5. The van der Waals surface area contributed by atoms with Crippen molar-refractivity contribution in [2.75, 3.05) is 38.2 Å². The minimum Gasteiger partial charge on any atom is -0.495 e. The van der Waals surface area contributed by atoms with Crippen LogP contribution in [0.5, 0.6) is 5.75 Å². The van der Waals surface area contributed by atoms with Crippen molar-refractivity contribution in [3.63, 3.8) is 0 Å². The molecule has 0 saturated carbocycles. The molecule has 7 nitrogen and oxygen atoms in total. The first-order valence-electron chi connectivity index (χ1n) is 8.68. The molecule has 2 aromatic carbocycles. The summed E-state index contributed by atoms with van der Waals surface area (Å²) in [5.74, 6) is 0.668. The van der Waals surface area contributed by atoms with E-state index in [2.05, 4.69) is 4.90 Å². The van der Waals surface area contributed by atoms with E-state index in [-0.39, 0.29) is 11.6 Å². The van der Waals surface area contributed by atoms with Gasteiger partial charge in [-0.2, -0.15) is 0 Å². The Morgan fingerprint density at radius 1 is 1.07 bits per heavy atom. The van der Waals surface area contributed by atoms with Crippen molar-refractivity contribution in [3.05, 3.63) is 70.3 Å². The molecule has 0 spiro atoms. The molecule has 0 aliphatic carbocycles. The van der Waals surface area contributed by atoms with Gasteiger partial charge in [-0.3, -0.25) is 14.9 Å². The van der Waals surface area contributed by atoms with Crippen LogP contribution >= 0.6 is 0 Å². The highest BCUT2D eigenvalue weighted by Crippen LogP contribution is 2.28. The van der Waals surface area contributed by atoms with E-state index in [0.29, 0.717) is 31.7 Å². The van der Waals surface area contributed by atoms with Gasteiger partial charge in [0.2, 0.25) is 5.91 Å². The summed E-state index contributed by atoms with van der Waals surface area (Å²) < 4.78 is 5.40. The van der Waals surface area contributed by atoms with Crippen molar-refractivity contribution in [1.29, 1.82) is 0 Å². The van der Waals surface area contributed by atoms with Gasteiger partial charge in [0, 0.05) is 38.3 Å². The summed E-state index contributed by atoms with van der Waals surface area (Å²) in [7, 11) is 1.65. The zero-order valence-electron chi connectivity index (χ0n) is 15.1. The van der Waals surface area contributed by atoms with E-state index in [9.17, 15) is 14.9 Å². The lowest BCUT2D eigenvalue weighted by Gasteiger charge is -2.36. The number of nitro benzene ring substituents is 1. The largest absolute Gasteiger partial charge is 0.495 e. The average molecular weight is 367 g/mol. The molecular weight excluding hydrogens is 346 g/mol. The fourth-order valence-corrected chi connectivity index (χ4v) is 3.12. The molecule has 0 aromatic heterocycles. The van der Waals surface area contributed by atoms with Crippen LogP contribution in [0.4, 0.5) is 11.4 Å². The number of amides is 1. The van der Waals surface area contributed by atoms with Gasteiger partial charge >= 0.3 is 0 Å². The third-order valence-electron chi connectivity index (χ3n) is 4.56. The van der Waals surface area contributed by atoms with Crippen LogP contribution in [0.3, 0.4) is 0 Å². The third kappa shape index (κ3) is 4.25. The maximum absolute atomic E-state index is 12.4. The van der Waals surface area contributed by atoms with E-state index in [1.807, 2.05) is 24.3 Å². The van der Waals surface area contributed by atoms with Crippen molar-refractivity contribution in [3.8, 4) is 5.75 Å². The number of rotatable bonds is 5. The van der Waals surface area contributed by atoms with Crippen molar-refractivity contribution in [2.45, 2.75) is 0 Å². The highest BCUT2D eigenvalue weighted by Gasteiger charge is 2.21. The molecule has 2 aromatic rings. The standard InChI is InChI=1S/C20H21N3O4/c1-27-19-9-5-4-8-18(19)21-12-14-22(15-13-21)20(24)11-10-16-6-2-3-7-17(16)23(25)26/h2-11H,12-15H2,1H3. The van der Waals surface area contributed by atoms with Crippen LogP contribution in [-0.4, -0.2) is 49.0 Å². The number of nitro groups is 1. The molecule has 1 saturated heterocycles. The van der Waals surface area contributed by atoms with Gasteiger partial charge in [-0.1, -0.05) is 24.3 Å². The molecule has 1 aliphatic rings. The minimum atomic E-state index is -0.448. The summed E-state index contributed by atoms with van der Waals surface area (Å²) in [5, 5.41) is 11.1. The van der Waals surface area contributed by atoms with Gasteiger partial charge in [0.25, 0.3) is 5.69 Å².